The predicted octanol–water partition coefficient (Wildman–Crippen LogP) is 5.02. The Bertz CT molecular complexity index is 1320. The van der Waals surface area contributed by atoms with Gasteiger partial charge in [-0.05, 0) is 5.56 Å². The van der Waals surface area contributed by atoms with Crippen LogP contribution < -0.4 is 10.9 Å². The highest BCUT2D eigenvalue weighted by Crippen LogP contribution is 2.32. The number of carbonyl (C=O) groups excluding carboxylic acids is 1. The van der Waals surface area contributed by atoms with Crippen LogP contribution in [0.2, 0.25) is 0 Å². The van der Waals surface area contributed by atoms with Gasteiger partial charge in [-0.15, -0.1) is 28.1 Å². The number of nitrogens with one attached hydrogen (secondary N) is 1. The van der Waals surface area contributed by atoms with Crippen LogP contribution in [0.15, 0.2) is 58.3 Å². The molecule has 4 aromatic rings. The second kappa shape index (κ2) is 9.76. The summed E-state index contributed by atoms with van der Waals surface area (Å²) in [6, 6.07) is 9.78. The molecule has 1 aromatic carbocycles. The first kappa shape index (κ1) is 22.4. The Labute approximate surface area is 197 Å². The molecular formula is C22H21N5O2S3. The van der Waals surface area contributed by atoms with E-state index in [-0.39, 0.29) is 23.1 Å². The lowest BCUT2D eigenvalue weighted by Crippen LogP contribution is -2.23. The maximum absolute atomic E-state index is 13.3. The molecule has 0 saturated carbocycles. The second-order valence-electron chi connectivity index (χ2n) is 7.23. The molecule has 3 aromatic heterocycles. The minimum atomic E-state index is -0.225. The van der Waals surface area contributed by atoms with E-state index in [1.165, 1.54) is 34.4 Å². The highest BCUT2D eigenvalue weighted by atomic mass is 32.2. The number of anilines is 1. The molecule has 0 aliphatic rings. The monoisotopic (exact) mass is 483 g/mol. The Kier molecular flexibility index (Phi) is 6.83. The van der Waals surface area contributed by atoms with Crippen molar-refractivity contribution >= 4 is 55.7 Å². The zero-order valence-electron chi connectivity index (χ0n) is 17.6. The molecule has 164 valence electrons. The molecule has 1 amide bonds. The van der Waals surface area contributed by atoms with Crippen LogP contribution in [0, 0.1) is 0 Å². The van der Waals surface area contributed by atoms with Crippen molar-refractivity contribution in [2.45, 2.75) is 31.5 Å². The second-order valence-corrected chi connectivity index (χ2v) is 10.0. The van der Waals surface area contributed by atoms with E-state index in [2.05, 4.69) is 22.1 Å². The van der Waals surface area contributed by atoms with Crippen molar-refractivity contribution in [1.29, 1.82) is 0 Å². The summed E-state index contributed by atoms with van der Waals surface area (Å²) in [6.07, 6.45) is 1.66. The molecule has 0 saturated heterocycles. The van der Waals surface area contributed by atoms with Gasteiger partial charge in [0.25, 0.3) is 5.56 Å². The molecule has 0 unspecified atom stereocenters. The van der Waals surface area contributed by atoms with E-state index < -0.39 is 0 Å². The van der Waals surface area contributed by atoms with Gasteiger partial charge in [0.2, 0.25) is 11.0 Å². The van der Waals surface area contributed by atoms with E-state index in [1.54, 1.807) is 10.6 Å². The number of aromatic nitrogens is 4. The summed E-state index contributed by atoms with van der Waals surface area (Å²) < 4.78 is 1.56. The van der Waals surface area contributed by atoms with Crippen molar-refractivity contribution in [2.75, 3.05) is 11.1 Å². The van der Waals surface area contributed by atoms with Crippen LogP contribution in [-0.4, -0.2) is 31.4 Å². The van der Waals surface area contributed by atoms with Crippen molar-refractivity contribution < 1.29 is 4.79 Å². The standard InChI is InChI=1S/C22H21N5O2S3/c1-4-10-27-20(29)17-15(14-8-6-5-7-9-14)11-30-19(17)24-22(27)31-12-16(28)23-21-26-25-18(32-21)13(2)3/h4-9,11,13H,1,10,12H2,2-3H3,(H,23,26,28). The van der Waals surface area contributed by atoms with E-state index >= 15 is 0 Å². The minimum absolute atomic E-state index is 0.0998. The third kappa shape index (κ3) is 4.67. The molecule has 0 atom stereocenters. The van der Waals surface area contributed by atoms with Gasteiger partial charge in [-0.3, -0.25) is 19.5 Å². The van der Waals surface area contributed by atoms with Crippen LogP contribution in [0.1, 0.15) is 24.8 Å². The summed E-state index contributed by atoms with van der Waals surface area (Å²) in [5.41, 5.74) is 1.71. The van der Waals surface area contributed by atoms with Gasteiger partial charge in [-0.2, -0.15) is 0 Å². The third-order valence-corrected chi connectivity index (χ3v) is 7.56. The van der Waals surface area contributed by atoms with E-state index in [4.69, 9.17) is 4.98 Å². The number of benzene rings is 1. The molecule has 0 fully saturated rings. The topological polar surface area (TPSA) is 89.8 Å². The number of amides is 1. The summed E-state index contributed by atoms with van der Waals surface area (Å²) in [6.45, 7) is 8.12. The quantitative estimate of drug-likeness (QED) is 0.215. The fourth-order valence-electron chi connectivity index (χ4n) is 3.04. The number of carbonyl (C=O) groups is 1. The van der Waals surface area contributed by atoms with Gasteiger partial charge in [0.1, 0.15) is 9.84 Å². The number of thioether (sulfide) groups is 1. The maximum Gasteiger partial charge on any atom is 0.263 e. The van der Waals surface area contributed by atoms with Gasteiger partial charge < -0.3 is 0 Å². The van der Waals surface area contributed by atoms with Gasteiger partial charge in [-0.25, -0.2) is 4.98 Å². The molecule has 0 aliphatic heterocycles. The molecule has 10 heteroatoms. The number of thiophene rings is 1. The number of nitrogens with zero attached hydrogens (tertiary/aromatic N) is 4. The van der Waals surface area contributed by atoms with E-state index in [9.17, 15) is 9.59 Å². The molecule has 1 N–H and O–H groups in total. The lowest BCUT2D eigenvalue weighted by Gasteiger charge is -2.10. The first-order valence-electron chi connectivity index (χ1n) is 9.92. The molecule has 0 spiro atoms. The van der Waals surface area contributed by atoms with Gasteiger partial charge in [0, 0.05) is 23.4 Å². The van der Waals surface area contributed by atoms with Crippen LogP contribution in [0.5, 0.6) is 0 Å². The van der Waals surface area contributed by atoms with Gasteiger partial charge >= 0.3 is 0 Å². The summed E-state index contributed by atoms with van der Waals surface area (Å²) >= 11 is 4.00. The first-order valence-corrected chi connectivity index (χ1v) is 12.6. The first-order chi connectivity index (χ1) is 15.5. The number of allylic oxidation sites excluding steroid dienone is 1. The van der Waals surface area contributed by atoms with Crippen LogP contribution in [0.3, 0.4) is 0 Å². The zero-order valence-corrected chi connectivity index (χ0v) is 20.0. The lowest BCUT2D eigenvalue weighted by atomic mass is 10.1. The molecule has 0 bridgehead atoms. The SMILES string of the molecule is C=CCn1c(SCC(=O)Nc2nnc(C(C)C)s2)nc2scc(-c3ccccc3)c2c1=O. The fourth-order valence-corrected chi connectivity index (χ4v) is 5.60. The van der Waals surface area contributed by atoms with Crippen LogP contribution in [-0.2, 0) is 11.3 Å². The molecule has 0 aliphatic carbocycles. The molecule has 4 rings (SSSR count). The normalized spacial score (nSPS) is 11.2. The summed E-state index contributed by atoms with van der Waals surface area (Å²) in [5.74, 6) is 0.128. The van der Waals surface area contributed by atoms with E-state index in [0.29, 0.717) is 27.0 Å². The fraction of sp³-hybridized carbons (Fsp3) is 0.227. The Balaban J connectivity index is 1.59. The molecule has 0 radical (unpaired) electrons. The Morgan fingerprint density at radius 3 is 2.75 bits per heavy atom. The Morgan fingerprint density at radius 2 is 2.06 bits per heavy atom. The third-order valence-electron chi connectivity index (χ3n) is 4.57. The van der Waals surface area contributed by atoms with Crippen molar-refractivity contribution in [3.63, 3.8) is 0 Å². The summed E-state index contributed by atoms with van der Waals surface area (Å²) in [4.78, 5) is 31.1. The van der Waals surface area contributed by atoms with Gasteiger partial charge in [0.15, 0.2) is 5.16 Å². The van der Waals surface area contributed by atoms with Crippen molar-refractivity contribution in [3.8, 4) is 11.1 Å². The Hall–Kier alpha value is -2.82. The highest BCUT2D eigenvalue weighted by molar-refractivity contribution is 7.99. The van der Waals surface area contributed by atoms with E-state index in [0.717, 1.165) is 16.1 Å². The van der Waals surface area contributed by atoms with Crippen LogP contribution >= 0.6 is 34.4 Å². The van der Waals surface area contributed by atoms with Crippen molar-refractivity contribution in [2.24, 2.45) is 0 Å². The molecule has 7 nitrogen and oxygen atoms in total. The Morgan fingerprint density at radius 1 is 1.28 bits per heavy atom. The average Bonchev–Trinajstić information content (AvgIpc) is 3.42. The van der Waals surface area contributed by atoms with Gasteiger partial charge in [-0.1, -0.05) is 73.4 Å². The van der Waals surface area contributed by atoms with Crippen LogP contribution in [0.4, 0.5) is 5.13 Å². The highest BCUT2D eigenvalue weighted by Gasteiger charge is 2.18. The summed E-state index contributed by atoms with van der Waals surface area (Å²) in [5, 5.41) is 15.2. The minimum Gasteiger partial charge on any atom is -0.300 e. The van der Waals surface area contributed by atoms with Gasteiger partial charge in [0.05, 0.1) is 11.1 Å². The number of hydrogen-bond acceptors (Lipinski definition) is 8. The largest absolute Gasteiger partial charge is 0.300 e. The average molecular weight is 484 g/mol. The van der Waals surface area contributed by atoms with Crippen LogP contribution in [0.25, 0.3) is 21.3 Å². The number of hydrogen-bond donors (Lipinski definition) is 1. The summed E-state index contributed by atoms with van der Waals surface area (Å²) in [7, 11) is 0. The number of fused-ring (bicyclic) bond motifs is 1. The predicted molar refractivity (Wildman–Crippen MR) is 133 cm³/mol. The molecule has 32 heavy (non-hydrogen) atoms. The number of rotatable bonds is 8. The molecular weight excluding hydrogens is 462 g/mol. The lowest BCUT2D eigenvalue weighted by molar-refractivity contribution is -0.113. The van der Waals surface area contributed by atoms with Crippen molar-refractivity contribution in [1.82, 2.24) is 19.7 Å². The maximum atomic E-state index is 13.3. The zero-order chi connectivity index (χ0) is 22.7. The molecule has 3 heterocycles. The van der Waals surface area contributed by atoms with E-state index in [1.807, 2.05) is 49.6 Å². The smallest absolute Gasteiger partial charge is 0.263 e. The van der Waals surface area contributed by atoms with Crippen molar-refractivity contribution in [3.05, 3.63) is 63.7 Å².